The summed E-state index contributed by atoms with van der Waals surface area (Å²) in [5.74, 6) is 1.63. The van der Waals surface area contributed by atoms with E-state index < -0.39 is 0 Å². The van der Waals surface area contributed by atoms with Gasteiger partial charge in [0.2, 0.25) is 0 Å². The number of nitrogens with zero attached hydrogens (tertiary/aromatic N) is 3. The highest BCUT2D eigenvalue weighted by Gasteiger charge is 2.22. The maximum Gasteiger partial charge on any atom is 0.145 e. The van der Waals surface area contributed by atoms with Gasteiger partial charge >= 0.3 is 0 Å². The monoisotopic (exact) mass is 279 g/mol. The number of aromatic nitrogens is 3. The van der Waals surface area contributed by atoms with Gasteiger partial charge in [0.15, 0.2) is 0 Å². The molecule has 0 bridgehead atoms. The number of hydrogen-bond acceptors (Lipinski definition) is 3. The van der Waals surface area contributed by atoms with Gasteiger partial charge in [-0.25, -0.2) is 0 Å². The molecule has 0 atom stereocenters. The van der Waals surface area contributed by atoms with E-state index in [1.54, 1.807) is 13.3 Å². The van der Waals surface area contributed by atoms with E-state index in [-0.39, 0.29) is 0 Å². The second-order valence-electron chi connectivity index (χ2n) is 5.61. The van der Waals surface area contributed by atoms with Crippen LogP contribution in [0.1, 0.15) is 12.8 Å². The lowest BCUT2D eigenvalue weighted by Crippen LogP contribution is -1.99. The average Bonchev–Trinajstić information content (AvgIpc) is 3.22. The Morgan fingerprint density at radius 2 is 2.19 bits per heavy atom. The normalized spacial score (nSPS) is 14.5. The predicted octanol–water partition coefficient (Wildman–Crippen LogP) is 3.52. The molecule has 0 amide bonds. The van der Waals surface area contributed by atoms with E-state index in [0.29, 0.717) is 0 Å². The quantitative estimate of drug-likeness (QED) is 0.733. The van der Waals surface area contributed by atoms with Gasteiger partial charge in [-0.1, -0.05) is 6.07 Å². The highest BCUT2D eigenvalue weighted by Crippen LogP contribution is 2.34. The molecule has 21 heavy (non-hydrogen) atoms. The van der Waals surface area contributed by atoms with E-state index in [4.69, 9.17) is 4.74 Å². The third-order valence-electron chi connectivity index (χ3n) is 4.04. The number of methoxy groups -OCH3 is 1. The molecule has 4 nitrogen and oxygen atoms in total. The first-order valence-corrected chi connectivity index (χ1v) is 7.29. The van der Waals surface area contributed by atoms with Crippen LogP contribution in [0.4, 0.5) is 0 Å². The number of ether oxygens (including phenoxy) is 1. The number of pyridine rings is 1. The van der Waals surface area contributed by atoms with Crippen LogP contribution in [-0.2, 0) is 6.54 Å². The molecule has 0 radical (unpaired) electrons. The van der Waals surface area contributed by atoms with Crippen molar-refractivity contribution in [3.05, 3.63) is 42.9 Å². The van der Waals surface area contributed by atoms with Gasteiger partial charge in [-0.15, -0.1) is 0 Å². The molecule has 2 aromatic heterocycles. The van der Waals surface area contributed by atoms with Gasteiger partial charge in [0.25, 0.3) is 0 Å². The Hall–Kier alpha value is -2.36. The highest BCUT2D eigenvalue weighted by atomic mass is 16.5. The Kier molecular flexibility index (Phi) is 2.88. The van der Waals surface area contributed by atoms with Crippen LogP contribution < -0.4 is 4.74 Å². The van der Waals surface area contributed by atoms with E-state index in [1.165, 1.54) is 12.8 Å². The molecule has 1 fully saturated rings. The van der Waals surface area contributed by atoms with Crippen LogP contribution in [0.2, 0.25) is 0 Å². The Morgan fingerprint density at radius 1 is 1.29 bits per heavy atom. The van der Waals surface area contributed by atoms with Crippen molar-refractivity contribution in [1.29, 1.82) is 0 Å². The van der Waals surface area contributed by atoms with E-state index in [9.17, 15) is 0 Å². The Bertz CT molecular complexity index is 790. The van der Waals surface area contributed by atoms with Crippen molar-refractivity contribution in [3.63, 3.8) is 0 Å². The second kappa shape index (κ2) is 4.88. The van der Waals surface area contributed by atoms with Gasteiger partial charge < -0.3 is 4.74 Å². The fourth-order valence-corrected chi connectivity index (χ4v) is 2.73. The average molecular weight is 279 g/mol. The summed E-state index contributed by atoms with van der Waals surface area (Å²) < 4.78 is 7.46. The maximum absolute atomic E-state index is 5.40. The minimum absolute atomic E-state index is 0.805. The third kappa shape index (κ3) is 2.27. The maximum atomic E-state index is 5.40. The summed E-state index contributed by atoms with van der Waals surface area (Å²) in [5, 5.41) is 5.59. The van der Waals surface area contributed by atoms with E-state index in [2.05, 4.69) is 33.1 Å². The zero-order valence-corrected chi connectivity index (χ0v) is 12.0. The topological polar surface area (TPSA) is 39.9 Å². The fourth-order valence-electron chi connectivity index (χ4n) is 2.73. The van der Waals surface area contributed by atoms with Crippen LogP contribution in [0.3, 0.4) is 0 Å². The van der Waals surface area contributed by atoms with Gasteiger partial charge in [-0.05, 0) is 42.5 Å². The van der Waals surface area contributed by atoms with Gasteiger partial charge in [-0.2, -0.15) is 5.10 Å². The zero-order chi connectivity index (χ0) is 14.2. The summed E-state index contributed by atoms with van der Waals surface area (Å²) in [4.78, 5) is 4.45. The van der Waals surface area contributed by atoms with Gasteiger partial charge in [0.1, 0.15) is 11.3 Å². The summed E-state index contributed by atoms with van der Waals surface area (Å²) >= 11 is 0. The third-order valence-corrected chi connectivity index (χ3v) is 4.04. The predicted molar refractivity (Wildman–Crippen MR) is 82.2 cm³/mol. The summed E-state index contributed by atoms with van der Waals surface area (Å²) in [5.41, 5.74) is 3.18. The molecule has 3 aromatic rings. The first-order chi connectivity index (χ1) is 10.3. The van der Waals surface area contributed by atoms with Crippen molar-refractivity contribution in [2.75, 3.05) is 7.11 Å². The van der Waals surface area contributed by atoms with Gasteiger partial charge in [0.05, 0.1) is 13.3 Å². The van der Waals surface area contributed by atoms with E-state index >= 15 is 0 Å². The number of benzene rings is 1. The van der Waals surface area contributed by atoms with Crippen LogP contribution >= 0.6 is 0 Å². The SMILES string of the molecule is COc1ccc(-c2cnn(CC3CC3)c2)c2cccnc12. The van der Waals surface area contributed by atoms with E-state index in [0.717, 1.165) is 40.2 Å². The van der Waals surface area contributed by atoms with Crippen LogP contribution in [0.5, 0.6) is 5.75 Å². The lowest BCUT2D eigenvalue weighted by Gasteiger charge is -2.08. The van der Waals surface area contributed by atoms with Crippen molar-refractivity contribution in [2.45, 2.75) is 19.4 Å². The largest absolute Gasteiger partial charge is 0.494 e. The molecule has 0 unspecified atom stereocenters. The molecule has 1 saturated carbocycles. The summed E-state index contributed by atoms with van der Waals surface area (Å²) in [6.45, 7) is 1.03. The Balaban J connectivity index is 1.80. The number of rotatable bonds is 4. The molecule has 1 aliphatic rings. The summed E-state index contributed by atoms with van der Waals surface area (Å²) in [6, 6.07) is 8.10. The van der Waals surface area contributed by atoms with Gasteiger partial charge in [-0.3, -0.25) is 9.67 Å². The van der Waals surface area contributed by atoms with Gasteiger partial charge in [0, 0.05) is 29.9 Å². The van der Waals surface area contributed by atoms with Crippen LogP contribution in [0, 0.1) is 5.92 Å². The molecule has 4 rings (SSSR count). The molecule has 4 heteroatoms. The summed E-state index contributed by atoms with van der Waals surface area (Å²) in [6.07, 6.45) is 8.55. The number of fused-ring (bicyclic) bond motifs is 1. The van der Waals surface area contributed by atoms with Crippen LogP contribution in [0.25, 0.3) is 22.0 Å². The second-order valence-corrected chi connectivity index (χ2v) is 5.61. The fraction of sp³-hybridized carbons (Fsp3) is 0.294. The molecular weight excluding hydrogens is 262 g/mol. The van der Waals surface area contributed by atoms with E-state index in [1.807, 2.05) is 18.3 Å². The first kappa shape index (κ1) is 12.4. The standard InChI is InChI=1S/C17H17N3O/c1-21-16-7-6-14(15-3-2-8-18-17(15)16)13-9-19-20(11-13)10-12-4-5-12/h2-3,6-9,11-12H,4-5,10H2,1H3. The lowest BCUT2D eigenvalue weighted by atomic mass is 10.0. The molecule has 0 N–H and O–H groups in total. The number of hydrogen-bond donors (Lipinski definition) is 0. The molecule has 2 heterocycles. The van der Waals surface area contributed by atoms with Crippen molar-refractivity contribution in [3.8, 4) is 16.9 Å². The molecule has 0 aliphatic heterocycles. The Morgan fingerprint density at radius 3 is 3.00 bits per heavy atom. The molecule has 1 aromatic carbocycles. The highest BCUT2D eigenvalue weighted by molar-refractivity contribution is 5.97. The van der Waals surface area contributed by atoms with Crippen LogP contribution in [-0.4, -0.2) is 21.9 Å². The molecule has 0 saturated heterocycles. The first-order valence-electron chi connectivity index (χ1n) is 7.29. The van der Waals surface area contributed by atoms with Crippen molar-refractivity contribution >= 4 is 10.9 Å². The molecule has 106 valence electrons. The minimum Gasteiger partial charge on any atom is -0.494 e. The Labute approximate surface area is 123 Å². The van der Waals surface area contributed by atoms with Crippen molar-refractivity contribution in [1.82, 2.24) is 14.8 Å². The molecule has 1 aliphatic carbocycles. The summed E-state index contributed by atoms with van der Waals surface area (Å²) in [7, 11) is 1.68. The van der Waals surface area contributed by atoms with Crippen LogP contribution in [0.15, 0.2) is 42.9 Å². The molecule has 0 spiro atoms. The van der Waals surface area contributed by atoms with Crippen molar-refractivity contribution < 1.29 is 4.74 Å². The minimum atomic E-state index is 0.805. The molecular formula is C17H17N3O. The lowest BCUT2D eigenvalue weighted by molar-refractivity contribution is 0.419. The smallest absolute Gasteiger partial charge is 0.145 e. The van der Waals surface area contributed by atoms with Crippen molar-refractivity contribution in [2.24, 2.45) is 5.92 Å². The zero-order valence-electron chi connectivity index (χ0n) is 12.0.